The lowest BCUT2D eigenvalue weighted by molar-refractivity contribution is -0.123. The number of hydrogen-bond acceptors (Lipinski definition) is 6. The van der Waals surface area contributed by atoms with Gasteiger partial charge in [-0.15, -0.1) is 0 Å². The molecule has 3 amide bonds. The van der Waals surface area contributed by atoms with Crippen molar-refractivity contribution in [3.63, 3.8) is 0 Å². The van der Waals surface area contributed by atoms with Crippen LogP contribution in [-0.4, -0.2) is 41.4 Å². The van der Waals surface area contributed by atoms with Gasteiger partial charge in [0.05, 0.1) is 5.69 Å². The number of imide groups is 1. The van der Waals surface area contributed by atoms with E-state index in [1.165, 1.54) is 5.01 Å². The summed E-state index contributed by atoms with van der Waals surface area (Å²) in [5, 5.41) is 12.0. The van der Waals surface area contributed by atoms with E-state index in [-0.39, 0.29) is 12.5 Å². The molecule has 31 heavy (non-hydrogen) atoms. The standard InChI is InChI=1S/C23H25N5O3/c1-13(2)16-6-9-18(10-7-16)28-22(30)20-21(23(28)31)27(26-25-20)12-19(29)24-17-8-5-14(3)15(4)11-17/h5-11,13,20-21H,12H2,1-4H3,(H,24,29). The summed E-state index contributed by atoms with van der Waals surface area (Å²) >= 11 is 0. The van der Waals surface area contributed by atoms with E-state index in [0.29, 0.717) is 17.3 Å². The number of nitrogens with one attached hydrogen (secondary N) is 1. The predicted octanol–water partition coefficient (Wildman–Crippen LogP) is 3.36. The quantitative estimate of drug-likeness (QED) is 0.752. The third-order valence-corrected chi connectivity index (χ3v) is 5.77. The van der Waals surface area contributed by atoms with E-state index in [1.54, 1.807) is 12.1 Å². The van der Waals surface area contributed by atoms with Gasteiger partial charge >= 0.3 is 0 Å². The summed E-state index contributed by atoms with van der Waals surface area (Å²) in [6.45, 7) is 7.95. The number of carbonyl (C=O) groups excluding carboxylic acids is 3. The number of nitrogens with zero attached hydrogens (tertiary/aromatic N) is 4. The second kappa shape index (κ2) is 7.94. The van der Waals surface area contributed by atoms with E-state index >= 15 is 0 Å². The van der Waals surface area contributed by atoms with E-state index in [4.69, 9.17) is 0 Å². The second-order valence-electron chi connectivity index (χ2n) is 8.30. The van der Waals surface area contributed by atoms with E-state index in [2.05, 4.69) is 29.5 Å². The fourth-order valence-electron chi connectivity index (χ4n) is 3.78. The molecule has 0 radical (unpaired) electrons. The van der Waals surface area contributed by atoms with Crippen molar-refractivity contribution in [3.05, 3.63) is 59.2 Å². The second-order valence-corrected chi connectivity index (χ2v) is 8.30. The largest absolute Gasteiger partial charge is 0.324 e. The van der Waals surface area contributed by atoms with Crippen LogP contribution < -0.4 is 10.2 Å². The minimum absolute atomic E-state index is 0.170. The topological polar surface area (TPSA) is 94.4 Å². The Morgan fingerprint density at radius 3 is 2.39 bits per heavy atom. The number of carbonyl (C=O) groups is 3. The Morgan fingerprint density at radius 1 is 1.03 bits per heavy atom. The molecule has 0 spiro atoms. The third kappa shape index (κ3) is 3.81. The zero-order valence-electron chi connectivity index (χ0n) is 18.0. The SMILES string of the molecule is Cc1ccc(NC(=O)CN2N=NC3C(=O)N(c4ccc(C(C)C)cc4)C(=O)C32)cc1C. The number of hydrogen-bond donors (Lipinski definition) is 1. The molecule has 2 aromatic carbocycles. The molecule has 0 bridgehead atoms. The van der Waals surface area contributed by atoms with Crippen LogP contribution >= 0.6 is 0 Å². The van der Waals surface area contributed by atoms with E-state index < -0.39 is 23.9 Å². The molecule has 0 aromatic heterocycles. The Balaban J connectivity index is 1.47. The van der Waals surface area contributed by atoms with Crippen molar-refractivity contribution in [2.45, 2.75) is 45.7 Å². The molecule has 2 atom stereocenters. The highest BCUT2D eigenvalue weighted by atomic mass is 16.2. The van der Waals surface area contributed by atoms with Gasteiger partial charge in [0.15, 0.2) is 12.1 Å². The fourth-order valence-corrected chi connectivity index (χ4v) is 3.78. The van der Waals surface area contributed by atoms with Gasteiger partial charge in [-0.25, -0.2) is 4.90 Å². The van der Waals surface area contributed by atoms with Gasteiger partial charge in [0.25, 0.3) is 11.8 Å². The summed E-state index contributed by atoms with van der Waals surface area (Å²) < 4.78 is 0. The summed E-state index contributed by atoms with van der Waals surface area (Å²) in [7, 11) is 0. The molecular formula is C23H25N5O3. The summed E-state index contributed by atoms with van der Waals surface area (Å²) in [6, 6.07) is 11.2. The number of fused-ring (bicyclic) bond motifs is 1. The Labute approximate surface area is 180 Å². The molecule has 1 fully saturated rings. The Bertz CT molecular complexity index is 1080. The molecular weight excluding hydrogens is 394 g/mol. The van der Waals surface area contributed by atoms with Gasteiger partial charge < -0.3 is 5.32 Å². The first kappa shape index (κ1) is 20.7. The Hall–Kier alpha value is -3.55. The van der Waals surface area contributed by atoms with Crippen LogP contribution in [0.5, 0.6) is 0 Å². The van der Waals surface area contributed by atoms with Crippen LogP contribution in [0.15, 0.2) is 52.8 Å². The maximum absolute atomic E-state index is 13.1. The molecule has 2 unspecified atom stereocenters. The van der Waals surface area contributed by atoms with Crippen LogP contribution in [0.2, 0.25) is 0 Å². The van der Waals surface area contributed by atoms with Crippen LogP contribution in [0.4, 0.5) is 11.4 Å². The molecule has 4 rings (SSSR count). The van der Waals surface area contributed by atoms with Gasteiger partial charge in [-0.1, -0.05) is 37.3 Å². The molecule has 8 nitrogen and oxygen atoms in total. The monoisotopic (exact) mass is 419 g/mol. The van der Waals surface area contributed by atoms with Crippen molar-refractivity contribution in [2.75, 3.05) is 16.8 Å². The van der Waals surface area contributed by atoms with Crippen LogP contribution in [0.3, 0.4) is 0 Å². The van der Waals surface area contributed by atoms with Crippen molar-refractivity contribution in [1.29, 1.82) is 0 Å². The highest BCUT2D eigenvalue weighted by Crippen LogP contribution is 2.32. The number of amides is 3. The molecule has 1 N–H and O–H groups in total. The van der Waals surface area contributed by atoms with Gasteiger partial charge in [0.2, 0.25) is 5.91 Å². The molecule has 2 heterocycles. The highest BCUT2D eigenvalue weighted by Gasteiger charge is 2.55. The van der Waals surface area contributed by atoms with Crippen molar-refractivity contribution in [2.24, 2.45) is 10.3 Å². The van der Waals surface area contributed by atoms with Crippen molar-refractivity contribution in [3.8, 4) is 0 Å². The summed E-state index contributed by atoms with van der Waals surface area (Å²) in [5.74, 6) is -0.828. The van der Waals surface area contributed by atoms with Crippen molar-refractivity contribution < 1.29 is 14.4 Å². The van der Waals surface area contributed by atoms with Crippen LogP contribution in [0.1, 0.15) is 36.5 Å². The molecule has 0 saturated carbocycles. The summed E-state index contributed by atoms with van der Waals surface area (Å²) in [4.78, 5) is 39.6. The molecule has 1 saturated heterocycles. The van der Waals surface area contributed by atoms with Gasteiger partial charge in [-0.3, -0.25) is 19.4 Å². The van der Waals surface area contributed by atoms with E-state index in [1.807, 2.05) is 44.2 Å². The number of benzene rings is 2. The zero-order chi connectivity index (χ0) is 22.3. The Kier molecular flexibility index (Phi) is 5.31. The average Bonchev–Trinajstić information content (AvgIpc) is 3.24. The minimum atomic E-state index is -0.924. The van der Waals surface area contributed by atoms with Crippen LogP contribution in [0.25, 0.3) is 0 Å². The lowest BCUT2D eigenvalue weighted by Crippen LogP contribution is -2.43. The molecule has 0 aliphatic carbocycles. The first-order valence-electron chi connectivity index (χ1n) is 10.3. The first-order valence-corrected chi connectivity index (χ1v) is 10.3. The zero-order valence-corrected chi connectivity index (χ0v) is 18.0. The lowest BCUT2D eigenvalue weighted by Gasteiger charge is -2.20. The van der Waals surface area contributed by atoms with Gasteiger partial charge in [-0.05, 0) is 60.7 Å². The summed E-state index contributed by atoms with van der Waals surface area (Å²) in [5.41, 5.74) is 4.48. The maximum atomic E-state index is 13.1. The number of anilines is 2. The molecule has 160 valence electrons. The third-order valence-electron chi connectivity index (χ3n) is 5.77. The van der Waals surface area contributed by atoms with Gasteiger partial charge in [0, 0.05) is 5.69 Å². The lowest BCUT2D eigenvalue weighted by atomic mass is 10.0. The smallest absolute Gasteiger partial charge is 0.263 e. The molecule has 2 aromatic rings. The molecule has 2 aliphatic heterocycles. The summed E-state index contributed by atoms with van der Waals surface area (Å²) in [6.07, 6.45) is 0. The Morgan fingerprint density at radius 2 is 1.74 bits per heavy atom. The molecule has 2 aliphatic rings. The van der Waals surface area contributed by atoms with Crippen LogP contribution in [0, 0.1) is 13.8 Å². The average molecular weight is 419 g/mol. The van der Waals surface area contributed by atoms with Crippen LogP contribution in [-0.2, 0) is 14.4 Å². The normalized spacial score (nSPS) is 20.0. The highest BCUT2D eigenvalue weighted by molar-refractivity contribution is 6.25. The van der Waals surface area contributed by atoms with Gasteiger partial charge in [-0.2, -0.15) is 5.11 Å². The molecule has 8 heteroatoms. The van der Waals surface area contributed by atoms with Crippen molar-refractivity contribution in [1.82, 2.24) is 5.01 Å². The predicted molar refractivity (Wildman–Crippen MR) is 117 cm³/mol. The fraction of sp³-hybridized carbons (Fsp3) is 0.348. The van der Waals surface area contributed by atoms with E-state index in [9.17, 15) is 14.4 Å². The van der Waals surface area contributed by atoms with E-state index in [0.717, 1.165) is 21.6 Å². The van der Waals surface area contributed by atoms with Gasteiger partial charge in [0.1, 0.15) is 6.54 Å². The van der Waals surface area contributed by atoms with Crippen molar-refractivity contribution >= 4 is 29.1 Å². The first-order chi connectivity index (χ1) is 14.8. The number of aryl methyl sites for hydroxylation is 2. The minimum Gasteiger partial charge on any atom is -0.324 e. The maximum Gasteiger partial charge on any atom is 0.263 e. The number of rotatable bonds is 5.